The Kier molecular flexibility index (Phi) is 6.25. The zero-order chi connectivity index (χ0) is 17.6. The van der Waals surface area contributed by atoms with Crippen molar-refractivity contribution >= 4 is 29.5 Å². The van der Waals surface area contributed by atoms with Crippen molar-refractivity contribution in [1.82, 2.24) is 10.6 Å². The highest BCUT2D eigenvalue weighted by Crippen LogP contribution is 2.27. The van der Waals surface area contributed by atoms with E-state index in [1.54, 1.807) is 37.0 Å². The van der Waals surface area contributed by atoms with Crippen LogP contribution >= 0.6 is 11.8 Å². The number of amides is 2. The summed E-state index contributed by atoms with van der Waals surface area (Å²) in [7, 11) is 1.57. The fraction of sp³-hybridized carbons (Fsp3) is 0.471. The number of carbonyl (C=O) groups is 3. The van der Waals surface area contributed by atoms with Crippen molar-refractivity contribution in [2.75, 3.05) is 18.6 Å². The average molecular weight is 350 g/mol. The lowest BCUT2D eigenvalue weighted by Gasteiger charge is -2.33. The topological polar surface area (TPSA) is 95.5 Å². The third-order valence-corrected chi connectivity index (χ3v) is 5.18. The van der Waals surface area contributed by atoms with Crippen molar-refractivity contribution in [3.05, 3.63) is 35.4 Å². The van der Waals surface area contributed by atoms with Crippen molar-refractivity contribution in [2.45, 2.75) is 31.2 Å². The number of thioether (sulfide) groups is 1. The summed E-state index contributed by atoms with van der Waals surface area (Å²) in [6.45, 7) is 0. The molecule has 2 amide bonds. The summed E-state index contributed by atoms with van der Waals surface area (Å²) in [4.78, 5) is 35.4. The van der Waals surface area contributed by atoms with Crippen LogP contribution < -0.4 is 10.6 Å². The molecular weight excluding hydrogens is 328 g/mol. The Balaban J connectivity index is 1.95. The highest BCUT2D eigenvalue weighted by molar-refractivity contribution is 7.99. The van der Waals surface area contributed by atoms with Crippen LogP contribution in [0.3, 0.4) is 0 Å². The van der Waals surface area contributed by atoms with Gasteiger partial charge in [0.05, 0.1) is 0 Å². The van der Waals surface area contributed by atoms with Crippen LogP contribution in [0.5, 0.6) is 0 Å². The molecule has 2 rings (SSSR count). The van der Waals surface area contributed by atoms with Gasteiger partial charge < -0.3 is 15.7 Å². The molecule has 1 fully saturated rings. The lowest BCUT2D eigenvalue weighted by molar-refractivity contribution is -0.148. The Hall–Kier alpha value is -2.02. The monoisotopic (exact) mass is 350 g/mol. The van der Waals surface area contributed by atoms with Gasteiger partial charge in [0.1, 0.15) is 5.54 Å². The number of carbonyl (C=O) groups excluding carboxylic acids is 2. The number of hydrogen-bond acceptors (Lipinski definition) is 4. The van der Waals surface area contributed by atoms with Gasteiger partial charge in [-0.1, -0.05) is 12.1 Å². The van der Waals surface area contributed by atoms with Crippen molar-refractivity contribution in [1.29, 1.82) is 0 Å². The molecular formula is C17H22N2O4S. The molecule has 0 aliphatic carbocycles. The van der Waals surface area contributed by atoms with E-state index in [4.69, 9.17) is 0 Å². The second-order valence-electron chi connectivity index (χ2n) is 5.83. The summed E-state index contributed by atoms with van der Waals surface area (Å²) in [6, 6.07) is 7.08. The van der Waals surface area contributed by atoms with E-state index in [0.717, 1.165) is 17.1 Å². The van der Waals surface area contributed by atoms with E-state index >= 15 is 0 Å². The smallest absolute Gasteiger partial charge is 0.329 e. The summed E-state index contributed by atoms with van der Waals surface area (Å²) in [6.07, 6.45) is 1.55. The molecule has 130 valence electrons. The third-order valence-electron chi connectivity index (χ3n) is 4.19. The number of aliphatic carboxylic acids is 1. The number of benzene rings is 1. The van der Waals surface area contributed by atoms with Gasteiger partial charge in [0.2, 0.25) is 5.91 Å². The molecule has 1 aliphatic heterocycles. The standard InChI is InChI=1S/C17H22N2O4S/c1-18-15(21)13-4-2-3-12(11-13)5-6-14(20)19-17(16(22)23)7-9-24-10-8-17/h2-4,11H,5-10H2,1H3,(H,18,21)(H,19,20)(H,22,23). The highest BCUT2D eigenvalue weighted by Gasteiger charge is 2.41. The third kappa shape index (κ3) is 4.50. The zero-order valence-electron chi connectivity index (χ0n) is 13.6. The van der Waals surface area contributed by atoms with Gasteiger partial charge in [-0.2, -0.15) is 11.8 Å². The van der Waals surface area contributed by atoms with Crippen LogP contribution in [0.4, 0.5) is 0 Å². The fourth-order valence-corrected chi connectivity index (χ4v) is 3.90. The molecule has 3 N–H and O–H groups in total. The number of hydrogen-bond donors (Lipinski definition) is 3. The minimum absolute atomic E-state index is 0.175. The van der Waals surface area contributed by atoms with Crippen molar-refractivity contribution in [3.63, 3.8) is 0 Å². The summed E-state index contributed by atoms with van der Waals surface area (Å²) in [5.41, 5.74) is 0.281. The number of carboxylic acids is 1. The quantitative estimate of drug-likeness (QED) is 0.722. The largest absolute Gasteiger partial charge is 0.480 e. The molecule has 0 spiro atoms. The normalized spacial score (nSPS) is 16.2. The van der Waals surface area contributed by atoms with Crippen molar-refractivity contribution in [3.8, 4) is 0 Å². The highest BCUT2D eigenvalue weighted by atomic mass is 32.2. The van der Waals surface area contributed by atoms with Crippen molar-refractivity contribution < 1.29 is 19.5 Å². The molecule has 0 atom stereocenters. The van der Waals surface area contributed by atoms with E-state index in [0.29, 0.717) is 24.8 Å². The maximum atomic E-state index is 12.2. The van der Waals surface area contributed by atoms with E-state index in [1.807, 2.05) is 6.07 Å². The first-order valence-corrected chi connectivity index (χ1v) is 9.05. The van der Waals surface area contributed by atoms with E-state index in [9.17, 15) is 19.5 Å². The van der Waals surface area contributed by atoms with Gasteiger partial charge in [-0.15, -0.1) is 0 Å². The maximum absolute atomic E-state index is 12.2. The van der Waals surface area contributed by atoms with Gasteiger partial charge >= 0.3 is 5.97 Å². The number of nitrogens with one attached hydrogen (secondary N) is 2. The molecule has 24 heavy (non-hydrogen) atoms. The van der Waals surface area contributed by atoms with Gasteiger partial charge in [-0.25, -0.2) is 4.79 Å². The first-order valence-electron chi connectivity index (χ1n) is 7.90. The van der Waals surface area contributed by atoms with Gasteiger partial charge in [-0.05, 0) is 48.5 Å². The number of rotatable bonds is 6. The Labute approximate surface area is 145 Å². The predicted molar refractivity (Wildman–Crippen MR) is 93.2 cm³/mol. The molecule has 0 radical (unpaired) electrons. The van der Waals surface area contributed by atoms with Crippen LogP contribution in [0.2, 0.25) is 0 Å². The van der Waals surface area contributed by atoms with E-state index in [2.05, 4.69) is 10.6 Å². The Bertz CT molecular complexity index is 627. The molecule has 1 heterocycles. The molecule has 1 saturated heterocycles. The minimum atomic E-state index is -1.13. The summed E-state index contributed by atoms with van der Waals surface area (Å²) in [5.74, 6) is 0.0693. The van der Waals surface area contributed by atoms with Crippen LogP contribution in [0, 0.1) is 0 Å². The average Bonchev–Trinajstić information content (AvgIpc) is 2.60. The fourth-order valence-electron chi connectivity index (χ4n) is 2.71. The van der Waals surface area contributed by atoms with Crippen LogP contribution in [-0.2, 0) is 16.0 Å². The van der Waals surface area contributed by atoms with Crippen LogP contribution in [0.15, 0.2) is 24.3 Å². The summed E-state index contributed by atoms with van der Waals surface area (Å²) < 4.78 is 0. The molecule has 7 heteroatoms. The molecule has 0 saturated carbocycles. The maximum Gasteiger partial charge on any atom is 0.329 e. The molecule has 0 unspecified atom stereocenters. The zero-order valence-corrected chi connectivity index (χ0v) is 14.4. The van der Waals surface area contributed by atoms with E-state index < -0.39 is 11.5 Å². The first-order chi connectivity index (χ1) is 11.5. The van der Waals surface area contributed by atoms with Gasteiger partial charge in [0, 0.05) is 19.0 Å². The Morgan fingerprint density at radius 2 is 1.96 bits per heavy atom. The van der Waals surface area contributed by atoms with Crippen LogP contribution in [0.25, 0.3) is 0 Å². The second kappa shape index (κ2) is 8.19. The van der Waals surface area contributed by atoms with Gasteiger partial charge in [0.15, 0.2) is 0 Å². The Morgan fingerprint density at radius 3 is 2.58 bits per heavy atom. The SMILES string of the molecule is CNC(=O)c1cccc(CCC(=O)NC2(C(=O)O)CCSCC2)c1. The lowest BCUT2D eigenvalue weighted by Crippen LogP contribution is -2.56. The van der Waals surface area contributed by atoms with Crippen LogP contribution in [-0.4, -0.2) is 47.0 Å². The molecule has 0 aromatic heterocycles. The van der Waals surface area contributed by atoms with E-state index in [-0.39, 0.29) is 18.2 Å². The van der Waals surface area contributed by atoms with Crippen molar-refractivity contribution in [2.24, 2.45) is 0 Å². The van der Waals surface area contributed by atoms with E-state index in [1.165, 1.54) is 0 Å². The Morgan fingerprint density at radius 1 is 1.25 bits per heavy atom. The second-order valence-corrected chi connectivity index (χ2v) is 7.05. The molecule has 1 aromatic carbocycles. The molecule has 1 aromatic rings. The van der Waals surface area contributed by atoms with Crippen LogP contribution in [0.1, 0.15) is 35.2 Å². The van der Waals surface area contributed by atoms with Gasteiger partial charge in [0.25, 0.3) is 5.91 Å². The summed E-state index contributed by atoms with van der Waals surface area (Å²) in [5, 5.41) is 14.8. The predicted octanol–water partition coefficient (Wildman–Crippen LogP) is 1.45. The minimum Gasteiger partial charge on any atom is -0.480 e. The first kappa shape index (κ1) is 18.3. The molecule has 1 aliphatic rings. The molecule has 6 nitrogen and oxygen atoms in total. The number of carboxylic acid groups (broad SMARTS) is 1. The lowest BCUT2D eigenvalue weighted by atomic mass is 9.92. The molecule has 0 bridgehead atoms. The summed E-state index contributed by atoms with van der Waals surface area (Å²) >= 11 is 1.71. The van der Waals surface area contributed by atoms with Gasteiger partial charge in [-0.3, -0.25) is 9.59 Å². The number of aryl methyl sites for hydroxylation is 1.